The lowest BCUT2D eigenvalue weighted by Gasteiger charge is -2.29. The van der Waals surface area contributed by atoms with Gasteiger partial charge in [0, 0.05) is 25.1 Å². The van der Waals surface area contributed by atoms with Crippen molar-refractivity contribution < 1.29 is 53.7 Å². The average molecular weight is 939 g/mol. The number of aromatic hydroxyl groups is 2. The molecule has 1 fully saturated rings. The molecule has 1 aliphatic heterocycles. The molecular formula is C42H52BrN9O11. The summed E-state index contributed by atoms with van der Waals surface area (Å²) in [4.78, 5) is 106. The number of nitrogens with two attached hydrogens (primary N) is 2. The van der Waals surface area contributed by atoms with Crippen molar-refractivity contribution >= 4 is 68.9 Å². The van der Waals surface area contributed by atoms with Gasteiger partial charge in [-0.25, -0.2) is 0 Å². The summed E-state index contributed by atoms with van der Waals surface area (Å²) >= 11 is 3.08. The van der Waals surface area contributed by atoms with E-state index in [1.54, 1.807) is 48.5 Å². The second-order valence-electron chi connectivity index (χ2n) is 14.9. The number of primary amides is 1. The van der Waals surface area contributed by atoms with E-state index >= 15 is 0 Å². The Hall–Kier alpha value is -6.58. The van der Waals surface area contributed by atoms with Crippen LogP contribution in [0.4, 0.5) is 5.69 Å². The van der Waals surface area contributed by atoms with Crippen molar-refractivity contribution in [1.29, 1.82) is 0 Å². The molecule has 0 bridgehead atoms. The van der Waals surface area contributed by atoms with Crippen LogP contribution in [-0.2, 0) is 57.6 Å². The van der Waals surface area contributed by atoms with Gasteiger partial charge in [0.05, 0.1) is 24.5 Å². The number of rotatable bonds is 21. The number of nitrogens with one attached hydrogen (secondary N) is 6. The Morgan fingerprint density at radius 3 is 1.83 bits per heavy atom. The summed E-state index contributed by atoms with van der Waals surface area (Å²) in [5.41, 5.74) is 13.6. The number of aliphatic hydroxyl groups excluding tert-OH is 1. The van der Waals surface area contributed by atoms with Gasteiger partial charge in [-0.2, -0.15) is 0 Å². The second kappa shape index (κ2) is 23.6. The maximum absolute atomic E-state index is 14.0. The third-order valence-electron chi connectivity index (χ3n) is 10.0. The molecule has 20 nitrogen and oxygen atoms in total. The van der Waals surface area contributed by atoms with Crippen LogP contribution in [0.2, 0.25) is 0 Å². The Kier molecular flexibility index (Phi) is 18.4. The fourth-order valence-corrected chi connectivity index (χ4v) is 6.75. The summed E-state index contributed by atoms with van der Waals surface area (Å²) in [6.45, 7) is 0.104. The molecule has 1 heterocycles. The number of amides is 8. The third kappa shape index (κ3) is 15.1. The highest BCUT2D eigenvalue weighted by molar-refractivity contribution is 9.09. The van der Waals surface area contributed by atoms with E-state index in [1.165, 1.54) is 36.1 Å². The molecule has 21 heteroatoms. The van der Waals surface area contributed by atoms with Crippen LogP contribution in [-0.4, -0.2) is 129 Å². The molecule has 1 saturated heterocycles. The van der Waals surface area contributed by atoms with Crippen molar-refractivity contribution in [2.75, 3.05) is 30.3 Å². The summed E-state index contributed by atoms with van der Waals surface area (Å²) in [5.74, 6) is -5.66. The number of phenols is 2. The zero-order chi connectivity index (χ0) is 46.2. The molecule has 0 unspecified atom stereocenters. The number of aliphatic hydroxyl groups is 1. The molecular weight excluding hydrogens is 886 g/mol. The number of likely N-dealkylation sites (tertiary alicyclic amines) is 1. The lowest BCUT2D eigenvalue weighted by molar-refractivity contribution is -0.142. The molecule has 0 saturated carbocycles. The number of carbonyl (C=O) groups is 8. The molecule has 6 atom stereocenters. The third-order valence-corrected chi connectivity index (χ3v) is 10.5. The fraction of sp³-hybridized carbons (Fsp3) is 0.381. The van der Waals surface area contributed by atoms with E-state index in [0.717, 1.165) is 0 Å². The number of carbonyl (C=O) groups excluding carboxylic acids is 8. The van der Waals surface area contributed by atoms with Gasteiger partial charge < -0.3 is 63.6 Å². The van der Waals surface area contributed by atoms with E-state index in [2.05, 4.69) is 47.8 Å². The first kappa shape index (κ1) is 49.1. The number of benzene rings is 3. The van der Waals surface area contributed by atoms with Crippen molar-refractivity contribution in [3.8, 4) is 11.5 Å². The van der Waals surface area contributed by atoms with E-state index in [1.807, 2.05) is 0 Å². The summed E-state index contributed by atoms with van der Waals surface area (Å²) in [6.07, 6.45) is 0.561. The highest BCUT2D eigenvalue weighted by Gasteiger charge is 2.39. The SMILES string of the molecule is C[C@@H](NC(=O)[C@@H](N)Cc1ccc(O)cc1)C(=O)N[C@@H](Cc1ccc(NC(=O)CBr)cc1)C(=O)NCC(=O)N[C@@H](Cc1ccc(O)cc1)C(=O)N1CCC[C@H]1C(=O)N[C@@H](CO)C(N)=O. The van der Waals surface area contributed by atoms with Gasteiger partial charge in [0.2, 0.25) is 47.3 Å². The Morgan fingerprint density at radius 1 is 0.714 bits per heavy atom. The Balaban J connectivity index is 1.47. The first-order valence-corrected chi connectivity index (χ1v) is 21.0. The lowest BCUT2D eigenvalue weighted by Crippen LogP contribution is -2.58. The van der Waals surface area contributed by atoms with Crippen molar-refractivity contribution in [3.63, 3.8) is 0 Å². The average Bonchev–Trinajstić information content (AvgIpc) is 3.76. The van der Waals surface area contributed by atoms with Gasteiger partial charge in [-0.15, -0.1) is 0 Å². The minimum absolute atomic E-state index is 0.0393. The van der Waals surface area contributed by atoms with Gasteiger partial charge in [-0.1, -0.05) is 52.3 Å². The van der Waals surface area contributed by atoms with E-state index in [4.69, 9.17) is 11.5 Å². The summed E-state index contributed by atoms with van der Waals surface area (Å²) in [7, 11) is 0. The maximum atomic E-state index is 14.0. The molecule has 0 aromatic heterocycles. The number of anilines is 1. The molecule has 0 aliphatic carbocycles. The summed E-state index contributed by atoms with van der Waals surface area (Å²) in [6, 6.07) is 11.2. The van der Waals surface area contributed by atoms with E-state index in [9.17, 15) is 53.7 Å². The van der Waals surface area contributed by atoms with Gasteiger partial charge >= 0.3 is 0 Å². The number of phenolic OH excluding ortho intramolecular Hbond substituents is 2. The van der Waals surface area contributed by atoms with E-state index in [-0.39, 0.29) is 55.0 Å². The molecule has 338 valence electrons. The Bertz CT molecular complexity index is 2110. The second-order valence-corrected chi connectivity index (χ2v) is 15.5. The molecule has 13 N–H and O–H groups in total. The monoisotopic (exact) mass is 937 g/mol. The number of halogens is 1. The van der Waals surface area contributed by atoms with Gasteiger partial charge in [0.25, 0.3) is 0 Å². The molecule has 1 aliphatic rings. The van der Waals surface area contributed by atoms with Crippen LogP contribution >= 0.6 is 15.9 Å². The summed E-state index contributed by atoms with van der Waals surface area (Å²) in [5, 5.41) is 44.2. The predicted octanol–water partition coefficient (Wildman–Crippen LogP) is -1.67. The van der Waals surface area contributed by atoms with Crippen LogP contribution in [0.25, 0.3) is 0 Å². The smallest absolute Gasteiger partial charge is 0.246 e. The largest absolute Gasteiger partial charge is 0.508 e. The van der Waals surface area contributed by atoms with Crippen LogP contribution in [0.3, 0.4) is 0 Å². The van der Waals surface area contributed by atoms with Crippen LogP contribution in [0.1, 0.15) is 36.5 Å². The van der Waals surface area contributed by atoms with Crippen LogP contribution in [0.5, 0.6) is 11.5 Å². The minimum Gasteiger partial charge on any atom is -0.508 e. The van der Waals surface area contributed by atoms with Gasteiger partial charge in [-0.3, -0.25) is 38.4 Å². The number of hydrogen-bond donors (Lipinski definition) is 11. The minimum atomic E-state index is -1.38. The molecule has 63 heavy (non-hydrogen) atoms. The molecule has 0 spiro atoms. The van der Waals surface area contributed by atoms with Gasteiger partial charge in [0.1, 0.15) is 41.7 Å². The predicted molar refractivity (Wildman–Crippen MR) is 232 cm³/mol. The van der Waals surface area contributed by atoms with Crippen molar-refractivity contribution in [3.05, 3.63) is 89.5 Å². The van der Waals surface area contributed by atoms with Crippen molar-refractivity contribution in [1.82, 2.24) is 31.5 Å². The molecule has 3 aromatic carbocycles. The normalized spacial score (nSPS) is 15.7. The fourth-order valence-electron chi connectivity index (χ4n) is 6.61. The Morgan fingerprint density at radius 2 is 1.27 bits per heavy atom. The van der Waals surface area contributed by atoms with Gasteiger partial charge in [0.15, 0.2) is 0 Å². The lowest BCUT2D eigenvalue weighted by atomic mass is 10.0. The standard InChI is InChI=1S/C42H52BrN9O11/c1-23(47-39(60)30(44)17-24-6-12-28(54)13-7-24)38(59)50-31(18-25-4-10-27(11-5-25)48-35(56)20-43)40(61)46-21-36(57)49-32(19-26-8-14-29(55)15-9-26)42(63)52-16-2-3-34(52)41(62)51-33(22-53)37(45)58/h4-15,23,30-34,53-55H,2-3,16-22,44H2,1H3,(H2,45,58)(H,46,61)(H,47,60)(H,48,56)(H,49,57)(H,50,59)(H,51,62)/t23-,30+,31+,32+,33+,34+/m1/s1. The van der Waals surface area contributed by atoms with E-state index in [0.29, 0.717) is 28.8 Å². The topological polar surface area (TPSA) is 325 Å². The highest BCUT2D eigenvalue weighted by Crippen LogP contribution is 2.21. The number of alkyl halides is 1. The Labute approximate surface area is 371 Å². The molecule has 8 amide bonds. The molecule has 0 radical (unpaired) electrons. The first-order valence-electron chi connectivity index (χ1n) is 19.9. The van der Waals surface area contributed by atoms with Gasteiger partial charge in [-0.05, 0) is 79.3 Å². The van der Waals surface area contributed by atoms with Crippen LogP contribution in [0, 0.1) is 0 Å². The van der Waals surface area contributed by atoms with Crippen molar-refractivity contribution in [2.45, 2.75) is 75.3 Å². The van der Waals surface area contributed by atoms with E-state index < -0.39 is 90.8 Å². The quantitative estimate of drug-likeness (QED) is 0.0535. The zero-order valence-corrected chi connectivity index (χ0v) is 35.9. The maximum Gasteiger partial charge on any atom is 0.246 e. The number of nitrogens with zero attached hydrogens (tertiary/aromatic N) is 1. The van der Waals surface area contributed by atoms with Crippen LogP contribution in [0.15, 0.2) is 72.8 Å². The van der Waals surface area contributed by atoms with Crippen molar-refractivity contribution in [2.24, 2.45) is 11.5 Å². The summed E-state index contributed by atoms with van der Waals surface area (Å²) < 4.78 is 0. The van der Waals surface area contributed by atoms with Crippen LogP contribution < -0.4 is 43.4 Å². The molecule has 4 rings (SSSR count). The highest BCUT2D eigenvalue weighted by atomic mass is 79.9. The molecule has 3 aromatic rings. The number of hydrogen-bond acceptors (Lipinski definition) is 12. The zero-order valence-electron chi connectivity index (χ0n) is 34.3. The first-order chi connectivity index (χ1) is 30.0.